The first kappa shape index (κ1) is 15.3. The summed E-state index contributed by atoms with van der Waals surface area (Å²) in [5, 5.41) is 0.604. The van der Waals surface area contributed by atoms with E-state index in [-0.39, 0.29) is 5.97 Å². The van der Waals surface area contributed by atoms with E-state index in [2.05, 4.69) is 23.8 Å². The summed E-state index contributed by atoms with van der Waals surface area (Å²) in [6, 6.07) is 0. The predicted octanol–water partition coefficient (Wildman–Crippen LogP) is 3.56. The summed E-state index contributed by atoms with van der Waals surface area (Å²) in [7, 11) is 0. The molecule has 0 radical (unpaired) electrons. The van der Waals surface area contributed by atoms with Gasteiger partial charge in [-0.15, -0.1) is 0 Å². The van der Waals surface area contributed by atoms with Gasteiger partial charge in [-0.3, -0.25) is 0 Å². The van der Waals surface area contributed by atoms with Gasteiger partial charge < -0.3 is 4.74 Å². The van der Waals surface area contributed by atoms with Crippen molar-refractivity contribution in [2.45, 2.75) is 57.0 Å². The minimum atomic E-state index is -0.296. The van der Waals surface area contributed by atoms with Gasteiger partial charge >= 0.3 is 5.97 Å². The Morgan fingerprint density at radius 3 is 2.85 bits per heavy atom. The molecule has 0 spiro atoms. The van der Waals surface area contributed by atoms with E-state index >= 15 is 0 Å². The Bertz CT molecular complexity index is 475. The van der Waals surface area contributed by atoms with Gasteiger partial charge in [0.05, 0.1) is 23.6 Å². The first-order valence-corrected chi connectivity index (χ1v) is 8.35. The third-order valence-corrected chi connectivity index (χ3v) is 4.73. The van der Waals surface area contributed by atoms with Gasteiger partial charge in [-0.05, 0) is 26.2 Å². The lowest BCUT2D eigenvalue weighted by atomic mass is 10.1. The van der Waals surface area contributed by atoms with Crippen LogP contribution in [0.25, 0.3) is 0 Å². The highest BCUT2D eigenvalue weighted by Gasteiger charge is 2.30. The Balaban J connectivity index is 2.13. The van der Waals surface area contributed by atoms with Gasteiger partial charge in [0.15, 0.2) is 0 Å². The summed E-state index contributed by atoms with van der Waals surface area (Å²) >= 11 is 1.85. The Hall–Kier alpha value is -1.10. The maximum Gasteiger partial charge on any atom is 0.341 e. The molecule has 110 valence electrons. The predicted molar refractivity (Wildman–Crippen MR) is 81.0 cm³/mol. The van der Waals surface area contributed by atoms with E-state index in [1.165, 1.54) is 0 Å². The fraction of sp³-hybridized carbons (Fsp3) is 0.667. The van der Waals surface area contributed by atoms with Crippen LogP contribution in [-0.4, -0.2) is 27.8 Å². The molecular weight excluding hydrogens is 272 g/mol. The monoisotopic (exact) mass is 294 g/mol. The van der Waals surface area contributed by atoms with Crippen LogP contribution in [0.3, 0.4) is 0 Å². The maximum absolute atomic E-state index is 11.9. The van der Waals surface area contributed by atoms with Gasteiger partial charge in [-0.1, -0.05) is 13.8 Å². The summed E-state index contributed by atoms with van der Waals surface area (Å²) in [4.78, 5) is 20.9. The molecule has 1 aliphatic rings. The van der Waals surface area contributed by atoms with E-state index in [0.717, 1.165) is 36.5 Å². The zero-order valence-corrected chi connectivity index (χ0v) is 13.2. The average molecular weight is 294 g/mol. The lowest BCUT2D eigenvalue weighted by Gasteiger charge is -2.10. The number of hydrogen-bond donors (Lipinski definition) is 0. The van der Waals surface area contributed by atoms with Crippen LogP contribution in [-0.2, 0) is 10.5 Å². The van der Waals surface area contributed by atoms with Crippen LogP contribution in [0.4, 0.5) is 0 Å². The minimum Gasteiger partial charge on any atom is -0.462 e. The molecule has 0 aromatic carbocycles. The van der Waals surface area contributed by atoms with E-state index in [1.807, 2.05) is 18.7 Å². The Morgan fingerprint density at radius 1 is 1.50 bits per heavy atom. The molecule has 1 fully saturated rings. The summed E-state index contributed by atoms with van der Waals surface area (Å²) in [5.74, 6) is 1.75. The second kappa shape index (κ2) is 7.07. The second-order valence-corrected chi connectivity index (χ2v) is 6.54. The van der Waals surface area contributed by atoms with Crippen molar-refractivity contribution in [3.8, 4) is 0 Å². The van der Waals surface area contributed by atoms with Crippen molar-refractivity contribution in [2.75, 3.05) is 6.61 Å². The average Bonchev–Trinajstić information content (AvgIpc) is 3.29. The van der Waals surface area contributed by atoms with Crippen LogP contribution in [0, 0.1) is 0 Å². The zero-order valence-electron chi connectivity index (χ0n) is 12.4. The third-order valence-electron chi connectivity index (χ3n) is 3.40. The number of esters is 1. The lowest BCUT2D eigenvalue weighted by Crippen LogP contribution is -2.12. The number of thioether (sulfide) groups is 1. The minimum absolute atomic E-state index is 0.296. The molecule has 20 heavy (non-hydrogen) atoms. The highest BCUT2D eigenvalue weighted by molar-refractivity contribution is 7.99. The fourth-order valence-electron chi connectivity index (χ4n) is 1.87. The van der Waals surface area contributed by atoms with Gasteiger partial charge in [0.1, 0.15) is 5.82 Å². The first-order valence-electron chi connectivity index (χ1n) is 7.30. The molecule has 1 heterocycles. The SMILES string of the molecule is CCOC(=O)c1cnc(CSC(C)CC)nc1C1CC1. The Morgan fingerprint density at radius 2 is 2.25 bits per heavy atom. The molecule has 0 amide bonds. The summed E-state index contributed by atoms with van der Waals surface area (Å²) in [6.07, 6.45) is 5.01. The summed E-state index contributed by atoms with van der Waals surface area (Å²) in [5.41, 5.74) is 1.44. The maximum atomic E-state index is 11.9. The van der Waals surface area contributed by atoms with Crippen LogP contribution >= 0.6 is 11.8 Å². The van der Waals surface area contributed by atoms with Crippen molar-refractivity contribution < 1.29 is 9.53 Å². The molecule has 0 aliphatic heterocycles. The van der Waals surface area contributed by atoms with E-state index in [0.29, 0.717) is 23.3 Å². The largest absolute Gasteiger partial charge is 0.462 e. The molecule has 0 saturated heterocycles. The van der Waals surface area contributed by atoms with Gasteiger partial charge in [-0.2, -0.15) is 11.8 Å². The third kappa shape index (κ3) is 3.95. The van der Waals surface area contributed by atoms with E-state index in [9.17, 15) is 4.79 Å². The van der Waals surface area contributed by atoms with Crippen LogP contribution in [0.1, 0.15) is 67.8 Å². The summed E-state index contributed by atoms with van der Waals surface area (Å²) < 4.78 is 5.08. The zero-order chi connectivity index (χ0) is 14.5. The number of carbonyl (C=O) groups excluding carboxylic acids is 1. The lowest BCUT2D eigenvalue weighted by molar-refractivity contribution is 0.0524. The van der Waals surface area contributed by atoms with Crippen molar-refractivity contribution >= 4 is 17.7 Å². The topological polar surface area (TPSA) is 52.1 Å². The number of ether oxygens (including phenoxy) is 1. The van der Waals surface area contributed by atoms with Crippen molar-refractivity contribution in [1.82, 2.24) is 9.97 Å². The molecule has 1 aliphatic carbocycles. The Kier molecular flexibility index (Phi) is 5.40. The van der Waals surface area contributed by atoms with Crippen LogP contribution in [0.15, 0.2) is 6.20 Å². The normalized spacial score (nSPS) is 15.9. The molecule has 1 atom stereocenters. The number of aromatic nitrogens is 2. The highest BCUT2D eigenvalue weighted by Crippen LogP contribution is 2.40. The second-order valence-electron chi connectivity index (χ2n) is 5.11. The fourth-order valence-corrected chi connectivity index (χ4v) is 2.68. The molecule has 1 aromatic heterocycles. The van der Waals surface area contributed by atoms with Crippen molar-refractivity contribution in [1.29, 1.82) is 0 Å². The van der Waals surface area contributed by atoms with Gasteiger partial charge in [-0.25, -0.2) is 14.8 Å². The summed E-state index contributed by atoms with van der Waals surface area (Å²) in [6.45, 7) is 6.58. The molecular formula is C15H22N2O2S. The quantitative estimate of drug-likeness (QED) is 0.720. The smallest absolute Gasteiger partial charge is 0.341 e. The van der Waals surface area contributed by atoms with E-state index < -0.39 is 0 Å². The molecule has 0 bridgehead atoms. The molecule has 1 saturated carbocycles. The molecule has 2 rings (SSSR count). The molecule has 1 aromatic rings. The van der Waals surface area contributed by atoms with Crippen LogP contribution < -0.4 is 0 Å². The van der Waals surface area contributed by atoms with Gasteiger partial charge in [0.2, 0.25) is 0 Å². The standard InChI is InChI=1S/C15H22N2O2S/c1-4-10(3)20-9-13-16-8-12(15(18)19-5-2)14(17-13)11-6-7-11/h8,10-11H,4-7,9H2,1-3H3. The highest BCUT2D eigenvalue weighted by atomic mass is 32.2. The molecule has 1 unspecified atom stereocenters. The number of nitrogens with zero attached hydrogens (tertiary/aromatic N) is 2. The van der Waals surface area contributed by atoms with Crippen LogP contribution in [0.2, 0.25) is 0 Å². The van der Waals surface area contributed by atoms with Gasteiger partial charge in [0.25, 0.3) is 0 Å². The first-order chi connectivity index (χ1) is 9.65. The number of carbonyl (C=O) groups is 1. The Labute approximate surface area is 124 Å². The molecule has 5 heteroatoms. The van der Waals surface area contributed by atoms with Crippen molar-refractivity contribution in [3.05, 3.63) is 23.3 Å². The van der Waals surface area contributed by atoms with E-state index in [1.54, 1.807) is 6.20 Å². The van der Waals surface area contributed by atoms with Crippen LogP contribution in [0.5, 0.6) is 0 Å². The number of rotatable bonds is 7. The van der Waals surface area contributed by atoms with E-state index in [4.69, 9.17) is 4.74 Å². The molecule has 0 N–H and O–H groups in total. The van der Waals surface area contributed by atoms with Crippen molar-refractivity contribution in [2.24, 2.45) is 0 Å². The molecule has 4 nitrogen and oxygen atoms in total. The van der Waals surface area contributed by atoms with Gasteiger partial charge in [0, 0.05) is 17.4 Å². The number of hydrogen-bond acceptors (Lipinski definition) is 5. The van der Waals surface area contributed by atoms with Crippen molar-refractivity contribution in [3.63, 3.8) is 0 Å².